The third-order valence-corrected chi connectivity index (χ3v) is 5.20. The highest BCUT2D eigenvalue weighted by Crippen LogP contribution is 2.24. The molecule has 8 nitrogen and oxygen atoms in total. The molecule has 1 aromatic carbocycles. The van der Waals surface area contributed by atoms with E-state index in [1.54, 1.807) is 16.6 Å². The standard InChI is InChI=1S/C22H21N7O/c30-21(17-7-2-1-3-8-17)25-22-24-20-18(9-6-12-29(20)26-22)27-13-15-28(16-14-27)19-10-4-5-11-23-19/h1-12H,13-16H2,(H,25,26,30). The minimum absolute atomic E-state index is 0.225. The van der Waals surface area contributed by atoms with Gasteiger partial charge < -0.3 is 9.80 Å². The monoisotopic (exact) mass is 399 g/mol. The van der Waals surface area contributed by atoms with E-state index in [1.807, 2.05) is 60.9 Å². The molecule has 8 heteroatoms. The van der Waals surface area contributed by atoms with Crippen molar-refractivity contribution in [2.75, 3.05) is 41.3 Å². The summed E-state index contributed by atoms with van der Waals surface area (Å²) in [6.45, 7) is 3.47. The highest BCUT2D eigenvalue weighted by molar-refractivity contribution is 6.03. The van der Waals surface area contributed by atoms with Crippen LogP contribution in [0.15, 0.2) is 73.1 Å². The van der Waals surface area contributed by atoms with E-state index < -0.39 is 0 Å². The van der Waals surface area contributed by atoms with Gasteiger partial charge in [0.05, 0.1) is 5.69 Å². The number of amides is 1. The van der Waals surface area contributed by atoms with Crippen LogP contribution in [0, 0.1) is 0 Å². The average molecular weight is 399 g/mol. The third-order valence-electron chi connectivity index (χ3n) is 5.20. The Balaban J connectivity index is 1.34. The molecule has 1 aliphatic rings. The summed E-state index contributed by atoms with van der Waals surface area (Å²) in [7, 11) is 0. The summed E-state index contributed by atoms with van der Waals surface area (Å²) in [5.41, 5.74) is 2.31. The van der Waals surface area contributed by atoms with Gasteiger partial charge in [-0.1, -0.05) is 24.3 Å². The Morgan fingerprint density at radius 1 is 0.867 bits per heavy atom. The number of fused-ring (bicyclic) bond motifs is 1. The molecular weight excluding hydrogens is 378 g/mol. The lowest BCUT2D eigenvalue weighted by atomic mass is 10.2. The molecule has 1 saturated heterocycles. The number of hydrogen-bond acceptors (Lipinski definition) is 6. The van der Waals surface area contributed by atoms with Crippen LogP contribution in [0.1, 0.15) is 10.4 Å². The van der Waals surface area contributed by atoms with Crippen LogP contribution in [-0.2, 0) is 0 Å². The Bertz CT molecular complexity index is 1150. The summed E-state index contributed by atoms with van der Waals surface area (Å²) in [6.07, 6.45) is 3.66. The molecule has 4 heterocycles. The maximum absolute atomic E-state index is 12.4. The predicted octanol–water partition coefficient (Wildman–Crippen LogP) is 2.70. The second kappa shape index (κ2) is 7.82. The first-order chi connectivity index (χ1) is 14.8. The Morgan fingerprint density at radius 2 is 1.63 bits per heavy atom. The lowest BCUT2D eigenvalue weighted by Crippen LogP contribution is -2.47. The van der Waals surface area contributed by atoms with Crippen LogP contribution >= 0.6 is 0 Å². The Morgan fingerprint density at radius 3 is 2.40 bits per heavy atom. The van der Waals surface area contributed by atoms with Crippen LogP contribution in [-0.4, -0.2) is 51.7 Å². The van der Waals surface area contributed by atoms with Crippen molar-refractivity contribution in [3.63, 3.8) is 0 Å². The average Bonchev–Trinajstić information content (AvgIpc) is 3.23. The molecule has 0 bridgehead atoms. The number of nitrogens with one attached hydrogen (secondary N) is 1. The van der Waals surface area contributed by atoms with Crippen molar-refractivity contribution < 1.29 is 4.79 Å². The quantitative estimate of drug-likeness (QED) is 0.569. The van der Waals surface area contributed by atoms with E-state index in [-0.39, 0.29) is 5.91 Å². The van der Waals surface area contributed by atoms with Crippen LogP contribution in [0.3, 0.4) is 0 Å². The van der Waals surface area contributed by atoms with Gasteiger partial charge in [0.1, 0.15) is 5.82 Å². The lowest BCUT2D eigenvalue weighted by Gasteiger charge is -2.36. The molecule has 0 radical (unpaired) electrons. The minimum Gasteiger partial charge on any atom is -0.365 e. The fourth-order valence-electron chi connectivity index (χ4n) is 3.67. The van der Waals surface area contributed by atoms with Crippen LogP contribution in [0.5, 0.6) is 0 Å². The molecule has 5 rings (SSSR count). The van der Waals surface area contributed by atoms with E-state index in [0.717, 1.165) is 43.3 Å². The summed E-state index contributed by atoms with van der Waals surface area (Å²) in [4.78, 5) is 26.0. The van der Waals surface area contributed by atoms with E-state index in [0.29, 0.717) is 11.5 Å². The number of anilines is 3. The fraction of sp³-hybridized carbons (Fsp3) is 0.182. The van der Waals surface area contributed by atoms with E-state index in [1.165, 1.54) is 0 Å². The molecule has 0 spiro atoms. The Kier molecular flexibility index (Phi) is 4.72. The van der Waals surface area contributed by atoms with Crippen molar-refractivity contribution in [1.29, 1.82) is 0 Å². The summed E-state index contributed by atoms with van der Waals surface area (Å²) in [5, 5.41) is 7.21. The molecule has 0 saturated carbocycles. The molecule has 1 fully saturated rings. The van der Waals surface area contributed by atoms with Gasteiger partial charge in [-0.3, -0.25) is 10.1 Å². The maximum atomic E-state index is 12.4. The van der Waals surface area contributed by atoms with Gasteiger partial charge in [0.25, 0.3) is 5.91 Å². The number of aromatic nitrogens is 4. The molecule has 30 heavy (non-hydrogen) atoms. The number of pyridine rings is 2. The van der Waals surface area contributed by atoms with Gasteiger partial charge in [-0.05, 0) is 36.4 Å². The molecule has 1 aliphatic heterocycles. The highest BCUT2D eigenvalue weighted by atomic mass is 16.1. The summed E-state index contributed by atoms with van der Waals surface area (Å²) in [6, 6.07) is 19.0. The molecule has 0 unspecified atom stereocenters. The Labute approximate surface area is 173 Å². The van der Waals surface area contributed by atoms with Gasteiger partial charge in [-0.2, -0.15) is 4.98 Å². The third kappa shape index (κ3) is 3.55. The van der Waals surface area contributed by atoms with Gasteiger partial charge in [0.2, 0.25) is 5.95 Å². The first-order valence-electron chi connectivity index (χ1n) is 9.91. The zero-order valence-corrected chi connectivity index (χ0v) is 16.3. The lowest BCUT2D eigenvalue weighted by molar-refractivity contribution is 0.102. The van der Waals surface area contributed by atoms with E-state index in [2.05, 4.69) is 30.2 Å². The maximum Gasteiger partial charge on any atom is 0.258 e. The summed E-state index contributed by atoms with van der Waals surface area (Å²) < 4.78 is 1.71. The minimum atomic E-state index is -0.225. The van der Waals surface area contributed by atoms with Crippen molar-refractivity contribution in [2.45, 2.75) is 0 Å². The topological polar surface area (TPSA) is 78.7 Å². The van der Waals surface area contributed by atoms with Gasteiger partial charge in [0.15, 0.2) is 5.65 Å². The largest absolute Gasteiger partial charge is 0.365 e. The first-order valence-corrected chi connectivity index (χ1v) is 9.91. The van der Waals surface area contributed by atoms with E-state index >= 15 is 0 Å². The number of piperazine rings is 1. The predicted molar refractivity (Wildman–Crippen MR) is 116 cm³/mol. The summed E-state index contributed by atoms with van der Waals surface area (Å²) >= 11 is 0. The molecule has 150 valence electrons. The smallest absolute Gasteiger partial charge is 0.258 e. The second-order valence-electron chi connectivity index (χ2n) is 7.08. The SMILES string of the molecule is O=C(Nc1nc2c(N3CCN(c4ccccn4)CC3)cccn2n1)c1ccccc1. The van der Waals surface area contributed by atoms with Gasteiger partial charge in [-0.15, -0.1) is 5.10 Å². The van der Waals surface area contributed by atoms with Crippen LogP contribution in [0.4, 0.5) is 17.5 Å². The van der Waals surface area contributed by atoms with E-state index in [4.69, 9.17) is 0 Å². The Hall–Kier alpha value is -3.94. The number of carbonyl (C=O) groups is 1. The van der Waals surface area contributed by atoms with Crippen molar-refractivity contribution in [1.82, 2.24) is 19.6 Å². The van der Waals surface area contributed by atoms with Gasteiger partial charge in [-0.25, -0.2) is 9.50 Å². The molecule has 0 aliphatic carbocycles. The van der Waals surface area contributed by atoms with Crippen molar-refractivity contribution in [3.8, 4) is 0 Å². The molecule has 1 N–H and O–H groups in total. The number of benzene rings is 1. The van der Waals surface area contributed by atoms with Gasteiger partial charge >= 0.3 is 0 Å². The van der Waals surface area contributed by atoms with Crippen molar-refractivity contribution in [3.05, 3.63) is 78.6 Å². The summed E-state index contributed by atoms with van der Waals surface area (Å²) in [5.74, 6) is 1.07. The molecule has 1 amide bonds. The fourth-order valence-corrected chi connectivity index (χ4v) is 3.67. The normalized spacial score (nSPS) is 14.1. The number of rotatable bonds is 4. The zero-order valence-electron chi connectivity index (χ0n) is 16.3. The second-order valence-corrected chi connectivity index (χ2v) is 7.08. The van der Waals surface area contributed by atoms with Gasteiger partial charge in [0, 0.05) is 44.1 Å². The molecular formula is C22H21N7O. The molecule has 4 aromatic rings. The molecule has 3 aromatic heterocycles. The van der Waals surface area contributed by atoms with Crippen molar-refractivity contribution >= 4 is 29.0 Å². The zero-order chi connectivity index (χ0) is 20.3. The van der Waals surface area contributed by atoms with E-state index in [9.17, 15) is 4.79 Å². The van der Waals surface area contributed by atoms with Crippen LogP contribution in [0.2, 0.25) is 0 Å². The highest BCUT2D eigenvalue weighted by Gasteiger charge is 2.21. The number of nitrogens with zero attached hydrogens (tertiary/aromatic N) is 6. The van der Waals surface area contributed by atoms with Crippen LogP contribution in [0.25, 0.3) is 5.65 Å². The van der Waals surface area contributed by atoms with Crippen molar-refractivity contribution in [2.24, 2.45) is 0 Å². The van der Waals surface area contributed by atoms with Crippen LogP contribution < -0.4 is 15.1 Å². The number of hydrogen-bond donors (Lipinski definition) is 1. The first kappa shape index (κ1) is 18.1. The number of carbonyl (C=O) groups excluding carboxylic acids is 1. The molecule has 0 atom stereocenters.